The van der Waals surface area contributed by atoms with Crippen molar-refractivity contribution in [3.05, 3.63) is 29.8 Å². The van der Waals surface area contributed by atoms with E-state index in [0.717, 1.165) is 44.9 Å². The molecule has 0 unspecified atom stereocenters. The van der Waals surface area contributed by atoms with Gasteiger partial charge in [-0.2, -0.15) is 4.31 Å². The van der Waals surface area contributed by atoms with Crippen LogP contribution in [0.25, 0.3) is 0 Å². The SMILES string of the molecule is CCCCNC(=O)C1(NC(=O)c2ccc(S(=O)(=O)N3CCC(C)CC3)cc2)CCCCC1. The summed E-state index contributed by atoms with van der Waals surface area (Å²) in [4.78, 5) is 26.1. The second kappa shape index (κ2) is 10.8. The van der Waals surface area contributed by atoms with Crippen LogP contribution in [0.15, 0.2) is 29.2 Å². The summed E-state index contributed by atoms with van der Waals surface area (Å²) in [5, 5.41) is 5.97. The maximum Gasteiger partial charge on any atom is 0.252 e. The van der Waals surface area contributed by atoms with E-state index in [4.69, 9.17) is 0 Å². The van der Waals surface area contributed by atoms with Crippen LogP contribution in [0, 0.1) is 5.92 Å². The number of carbonyl (C=O) groups excluding carboxylic acids is 2. The van der Waals surface area contributed by atoms with Gasteiger partial charge in [-0.25, -0.2) is 8.42 Å². The summed E-state index contributed by atoms with van der Waals surface area (Å²) < 4.78 is 27.4. The second-order valence-electron chi connectivity index (χ2n) is 9.32. The number of nitrogens with one attached hydrogen (secondary N) is 2. The quantitative estimate of drug-likeness (QED) is 0.577. The van der Waals surface area contributed by atoms with E-state index in [-0.39, 0.29) is 16.7 Å². The monoisotopic (exact) mass is 463 g/mol. The van der Waals surface area contributed by atoms with Crippen molar-refractivity contribution in [1.82, 2.24) is 14.9 Å². The molecule has 1 heterocycles. The normalized spacial score (nSPS) is 19.9. The third-order valence-corrected chi connectivity index (χ3v) is 8.72. The average molecular weight is 464 g/mol. The zero-order chi connectivity index (χ0) is 23.2. The molecule has 1 aromatic carbocycles. The third kappa shape index (κ3) is 5.70. The number of nitrogens with zero attached hydrogens (tertiary/aromatic N) is 1. The molecule has 3 rings (SSSR count). The molecule has 2 aliphatic rings. The number of hydrogen-bond donors (Lipinski definition) is 2. The van der Waals surface area contributed by atoms with Gasteiger partial charge in [-0.3, -0.25) is 9.59 Å². The number of hydrogen-bond acceptors (Lipinski definition) is 4. The average Bonchev–Trinajstić information content (AvgIpc) is 2.80. The number of sulfonamides is 1. The van der Waals surface area contributed by atoms with Crippen LogP contribution < -0.4 is 10.6 Å². The number of carbonyl (C=O) groups is 2. The molecule has 2 amide bonds. The van der Waals surface area contributed by atoms with E-state index < -0.39 is 15.6 Å². The van der Waals surface area contributed by atoms with Crippen LogP contribution in [0.4, 0.5) is 0 Å². The van der Waals surface area contributed by atoms with Gasteiger partial charge in [-0.15, -0.1) is 0 Å². The molecule has 2 N–H and O–H groups in total. The molecule has 0 aromatic heterocycles. The lowest BCUT2D eigenvalue weighted by Crippen LogP contribution is -2.59. The minimum absolute atomic E-state index is 0.113. The largest absolute Gasteiger partial charge is 0.354 e. The van der Waals surface area contributed by atoms with Gasteiger partial charge in [-0.05, 0) is 62.3 Å². The van der Waals surface area contributed by atoms with Gasteiger partial charge in [0.15, 0.2) is 0 Å². The Balaban J connectivity index is 1.70. The summed E-state index contributed by atoms with van der Waals surface area (Å²) in [6, 6.07) is 6.08. The first-order valence-electron chi connectivity index (χ1n) is 12.0. The predicted octanol–water partition coefficient (Wildman–Crippen LogP) is 3.46. The summed E-state index contributed by atoms with van der Waals surface area (Å²) in [6.07, 6.45) is 7.71. The van der Waals surface area contributed by atoms with Crippen molar-refractivity contribution in [2.45, 2.75) is 82.1 Å². The Morgan fingerprint density at radius 2 is 1.69 bits per heavy atom. The molecule has 1 saturated carbocycles. The molecule has 0 spiro atoms. The molecule has 2 fully saturated rings. The molecule has 0 atom stereocenters. The van der Waals surface area contributed by atoms with Crippen LogP contribution in [-0.4, -0.2) is 49.7 Å². The predicted molar refractivity (Wildman–Crippen MR) is 125 cm³/mol. The van der Waals surface area contributed by atoms with Crippen LogP contribution in [-0.2, 0) is 14.8 Å². The van der Waals surface area contributed by atoms with Crippen molar-refractivity contribution in [2.75, 3.05) is 19.6 Å². The lowest BCUT2D eigenvalue weighted by Gasteiger charge is -2.36. The van der Waals surface area contributed by atoms with E-state index in [2.05, 4.69) is 24.5 Å². The maximum atomic E-state index is 13.0. The van der Waals surface area contributed by atoms with Crippen LogP contribution in [0.5, 0.6) is 0 Å². The summed E-state index contributed by atoms with van der Waals surface area (Å²) >= 11 is 0. The fraction of sp³-hybridized carbons (Fsp3) is 0.667. The van der Waals surface area contributed by atoms with E-state index in [0.29, 0.717) is 44.0 Å². The summed E-state index contributed by atoms with van der Waals surface area (Å²) in [5.41, 5.74) is -0.527. The molecule has 32 heavy (non-hydrogen) atoms. The first kappa shape index (κ1) is 24.7. The lowest BCUT2D eigenvalue weighted by atomic mass is 9.80. The molecule has 1 aliphatic carbocycles. The zero-order valence-corrected chi connectivity index (χ0v) is 20.2. The highest BCUT2D eigenvalue weighted by Crippen LogP contribution is 2.29. The van der Waals surface area contributed by atoms with Crippen LogP contribution in [0.3, 0.4) is 0 Å². The molecule has 0 bridgehead atoms. The molecule has 178 valence electrons. The van der Waals surface area contributed by atoms with Crippen molar-refractivity contribution < 1.29 is 18.0 Å². The van der Waals surface area contributed by atoms with Gasteiger partial charge in [0.05, 0.1) is 4.90 Å². The minimum Gasteiger partial charge on any atom is -0.354 e. The Morgan fingerprint density at radius 1 is 1.06 bits per heavy atom. The number of rotatable bonds is 8. The number of unbranched alkanes of at least 4 members (excludes halogenated alkanes) is 1. The van der Waals surface area contributed by atoms with E-state index in [1.165, 1.54) is 16.4 Å². The number of amides is 2. The smallest absolute Gasteiger partial charge is 0.252 e. The summed E-state index contributed by atoms with van der Waals surface area (Å²) in [5.74, 6) is 0.0876. The molecule has 0 radical (unpaired) electrons. The van der Waals surface area contributed by atoms with Gasteiger partial charge < -0.3 is 10.6 Å². The van der Waals surface area contributed by atoms with Crippen LogP contribution in [0.2, 0.25) is 0 Å². The van der Waals surface area contributed by atoms with Crippen LogP contribution >= 0.6 is 0 Å². The van der Waals surface area contributed by atoms with E-state index in [1.807, 2.05) is 0 Å². The Morgan fingerprint density at radius 3 is 2.28 bits per heavy atom. The number of benzene rings is 1. The van der Waals surface area contributed by atoms with Gasteiger partial charge in [0.1, 0.15) is 5.54 Å². The van der Waals surface area contributed by atoms with Crippen molar-refractivity contribution in [3.63, 3.8) is 0 Å². The molecular weight excluding hydrogens is 426 g/mol. The fourth-order valence-corrected chi connectivity index (χ4v) is 6.02. The van der Waals surface area contributed by atoms with E-state index in [9.17, 15) is 18.0 Å². The van der Waals surface area contributed by atoms with Gasteiger partial charge >= 0.3 is 0 Å². The summed E-state index contributed by atoms with van der Waals surface area (Å²) in [7, 11) is -3.56. The summed E-state index contributed by atoms with van der Waals surface area (Å²) in [6.45, 7) is 5.87. The van der Waals surface area contributed by atoms with Crippen molar-refractivity contribution in [1.29, 1.82) is 0 Å². The van der Waals surface area contributed by atoms with Crippen molar-refractivity contribution in [2.24, 2.45) is 5.92 Å². The maximum absolute atomic E-state index is 13.0. The highest BCUT2D eigenvalue weighted by atomic mass is 32.2. The van der Waals surface area contributed by atoms with Gasteiger partial charge in [0.2, 0.25) is 15.9 Å². The van der Waals surface area contributed by atoms with Crippen molar-refractivity contribution in [3.8, 4) is 0 Å². The van der Waals surface area contributed by atoms with Crippen LogP contribution in [0.1, 0.15) is 82.0 Å². The minimum atomic E-state index is -3.56. The first-order chi connectivity index (χ1) is 15.3. The highest BCUT2D eigenvalue weighted by molar-refractivity contribution is 7.89. The Kier molecular flexibility index (Phi) is 8.33. The topological polar surface area (TPSA) is 95.6 Å². The molecule has 1 saturated heterocycles. The molecule has 1 aliphatic heterocycles. The second-order valence-corrected chi connectivity index (χ2v) is 11.3. The standard InChI is InChI=1S/C24H37N3O4S/c1-3-4-16-25-23(29)24(14-6-5-7-15-24)26-22(28)20-8-10-21(11-9-20)32(30,31)27-17-12-19(2)13-18-27/h8-11,19H,3-7,12-18H2,1-2H3,(H,25,29)(H,26,28). The highest BCUT2D eigenvalue weighted by Gasteiger charge is 2.40. The molecule has 7 nitrogen and oxygen atoms in total. The third-order valence-electron chi connectivity index (χ3n) is 6.81. The molecule has 8 heteroatoms. The van der Waals surface area contributed by atoms with E-state index >= 15 is 0 Å². The zero-order valence-electron chi connectivity index (χ0n) is 19.4. The first-order valence-corrected chi connectivity index (χ1v) is 13.4. The van der Waals surface area contributed by atoms with Gasteiger partial charge in [0, 0.05) is 25.2 Å². The van der Waals surface area contributed by atoms with Crippen molar-refractivity contribution >= 4 is 21.8 Å². The Labute approximate surface area is 192 Å². The van der Waals surface area contributed by atoms with Gasteiger partial charge in [0.25, 0.3) is 5.91 Å². The Hall–Kier alpha value is -1.93. The van der Waals surface area contributed by atoms with Gasteiger partial charge in [-0.1, -0.05) is 39.5 Å². The number of piperidine rings is 1. The molecule has 1 aromatic rings. The van der Waals surface area contributed by atoms with E-state index in [1.54, 1.807) is 12.1 Å². The lowest BCUT2D eigenvalue weighted by molar-refractivity contribution is -0.128. The fourth-order valence-electron chi connectivity index (χ4n) is 4.55. The Bertz CT molecular complexity index is 884. The molecular formula is C24H37N3O4S.